The second-order valence-corrected chi connectivity index (χ2v) is 29.2. The van der Waals surface area contributed by atoms with Gasteiger partial charge < -0.3 is 18.3 Å². The molecule has 0 fully saturated rings. The maximum atomic E-state index is 9.78. The Kier molecular flexibility index (Phi) is 15.4. The number of fused-ring (bicyclic) bond motifs is 20. The molecular formula is C100H60B4N8. The van der Waals surface area contributed by atoms with E-state index in [0.29, 0.717) is 16.7 Å². The van der Waals surface area contributed by atoms with Crippen LogP contribution in [0.4, 0.5) is 0 Å². The lowest BCUT2D eigenvalue weighted by molar-refractivity contribution is 1.18. The van der Waals surface area contributed by atoms with Crippen molar-refractivity contribution in [2.24, 2.45) is 0 Å². The van der Waals surface area contributed by atoms with Crippen molar-refractivity contribution in [2.75, 3.05) is 0 Å². The summed E-state index contributed by atoms with van der Waals surface area (Å²) < 4.78 is 9.36. The van der Waals surface area contributed by atoms with E-state index in [0.717, 1.165) is 54.9 Å². The molecule has 16 aromatic carbocycles. The first-order chi connectivity index (χ1) is 55.5. The Bertz CT molecular complexity index is 7320. The summed E-state index contributed by atoms with van der Waals surface area (Å²) in [7, 11) is 0. The minimum absolute atomic E-state index is 0.184. The third kappa shape index (κ3) is 9.90. The minimum Gasteiger partial charge on any atom is -0.310 e. The number of benzene rings is 16. The molecule has 12 heteroatoms. The maximum Gasteiger partial charge on any atom is 0.246 e. The molecule has 0 atom stereocenters. The summed E-state index contributed by atoms with van der Waals surface area (Å²) in [4.78, 5) is 0. The topological polar surface area (TPSA) is 115 Å². The number of nitriles is 4. The smallest absolute Gasteiger partial charge is 0.246 e. The lowest BCUT2D eigenvalue weighted by Crippen LogP contribution is -2.55. The Labute approximate surface area is 648 Å². The van der Waals surface area contributed by atoms with Gasteiger partial charge in [-0.25, -0.2) is 0 Å². The van der Waals surface area contributed by atoms with E-state index in [2.05, 4.69) is 358 Å². The molecule has 112 heavy (non-hydrogen) atoms. The van der Waals surface area contributed by atoms with Crippen LogP contribution in [0.15, 0.2) is 364 Å². The van der Waals surface area contributed by atoms with E-state index >= 15 is 0 Å². The zero-order chi connectivity index (χ0) is 74.7. The highest BCUT2D eigenvalue weighted by Gasteiger charge is 2.38. The van der Waals surface area contributed by atoms with Gasteiger partial charge in [0.1, 0.15) is 6.07 Å². The fraction of sp³-hybridized carbons (Fsp3) is 0. The van der Waals surface area contributed by atoms with E-state index in [1.165, 1.54) is 126 Å². The molecule has 4 aliphatic rings. The second-order valence-electron chi connectivity index (χ2n) is 29.2. The van der Waals surface area contributed by atoms with Crippen molar-refractivity contribution in [1.82, 2.24) is 18.3 Å². The van der Waals surface area contributed by atoms with Crippen LogP contribution in [-0.2, 0) is 0 Å². The summed E-state index contributed by atoms with van der Waals surface area (Å²) in [5, 5.41) is 47.7. The van der Waals surface area contributed by atoms with Crippen LogP contribution in [0.3, 0.4) is 0 Å². The van der Waals surface area contributed by atoms with Gasteiger partial charge in [-0.1, -0.05) is 313 Å². The molecule has 0 N–H and O–H groups in total. The van der Waals surface area contributed by atoms with Gasteiger partial charge in [-0.05, 0) is 116 Å². The predicted molar refractivity (Wildman–Crippen MR) is 466 cm³/mol. The summed E-state index contributed by atoms with van der Waals surface area (Å²) in [6, 6.07) is 137. The van der Waals surface area contributed by atoms with Crippen LogP contribution in [0.25, 0.3) is 110 Å². The SMILES string of the molecule is N#Cc1ccc2c(c1)c1cccc3c1n2-c1ccccc1B3c1ccccc1.N#Cc1ccc2c3cccc4c3n(c2c1)-c1ccccc1B4c1ccccc1.N#Cc1cccc2c1c1cccc3c1n2-c1ccccc1B3c1ccccc1.N#Cc1cccc2c3cccc4c3n(c12)-c1ccccc1B4c1ccccc1. The molecule has 512 valence electrons. The van der Waals surface area contributed by atoms with Crippen LogP contribution >= 0.6 is 0 Å². The molecule has 0 bridgehead atoms. The summed E-state index contributed by atoms with van der Waals surface area (Å²) in [5.74, 6) is 0. The number of nitrogens with zero attached hydrogens (tertiary/aromatic N) is 8. The second kappa shape index (κ2) is 26.4. The van der Waals surface area contributed by atoms with E-state index in [-0.39, 0.29) is 26.9 Å². The van der Waals surface area contributed by atoms with Gasteiger partial charge in [0.15, 0.2) is 0 Å². The van der Waals surface area contributed by atoms with Crippen molar-refractivity contribution in [1.29, 1.82) is 21.0 Å². The molecule has 0 saturated carbocycles. The van der Waals surface area contributed by atoms with Crippen molar-refractivity contribution in [2.45, 2.75) is 0 Å². The average Bonchev–Trinajstić information content (AvgIpc) is 1.51. The van der Waals surface area contributed by atoms with Crippen molar-refractivity contribution in [3.63, 3.8) is 0 Å². The van der Waals surface area contributed by atoms with Gasteiger partial charge in [0.25, 0.3) is 0 Å². The van der Waals surface area contributed by atoms with Gasteiger partial charge >= 0.3 is 0 Å². The van der Waals surface area contributed by atoms with Gasteiger partial charge in [0, 0.05) is 87.9 Å². The Balaban J connectivity index is 0.0000000943. The minimum atomic E-state index is 0.184. The highest BCUT2D eigenvalue weighted by atomic mass is 15.0. The van der Waals surface area contributed by atoms with E-state index in [9.17, 15) is 21.0 Å². The van der Waals surface area contributed by atoms with Crippen molar-refractivity contribution < 1.29 is 0 Å². The summed E-state index contributed by atoms with van der Waals surface area (Å²) >= 11 is 0. The van der Waals surface area contributed by atoms with Crippen LogP contribution in [-0.4, -0.2) is 45.1 Å². The number of rotatable bonds is 4. The highest BCUT2D eigenvalue weighted by Crippen LogP contribution is 2.39. The number of hydrogen-bond donors (Lipinski definition) is 0. The number of hydrogen-bond acceptors (Lipinski definition) is 4. The lowest BCUT2D eigenvalue weighted by atomic mass is 9.35. The molecular weight excluding hydrogens is 1360 g/mol. The van der Waals surface area contributed by atoms with Gasteiger partial charge in [0.05, 0.1) is 62.5 Å². The van der Waals surface area contributed by atoms with Crippen molar-refractivity contribution >= 4 is 180 Å². The van der Waals surface area contributed by atoms with Crippen LogP contribution in [0.1, 0.15) is 22.3 Å². The molecule has 4 aromatic heterocycles. The Morgan fingerprint density at radius 1 is 0.196 bits per heavy atom. The lowest BCUT2D eigenvalue weighted by Gasteiger charge is -2.27. The number of para-hydroxylation sites is 9. The fourth-order valence-corrected chi connectivity index (χ4v) is 19.1. The van der Waals surface area contributed by atoms with Crippen LogP contribution in [0.2, 0.25) is 0 Å². The van der Waals surface area contributed by atoms with Crippen LogP contribution in [0.5, 0.6) is 0 Å². The highest BCUT2D eigenvalue weighted by molar-refractivity contribution is 7.00. The standard InChI is InChI=1S/4C25H15BN2/c27-16-17-8-6-15-23-24(17)19-11-7-13-21-25(19)28(23)22-14-5-4-12-20(22)26(21)18-9-2-1-3-10-18;27-16-17-8-6-11-19-20-12-7-14-22-25(20)28(24(17)19)23-15-5-4-13-21(23)26(22)18-9-2-1-3-10-18;27-16-17-13-14-19-20-9-6-11-22-25(20)28(24(19)15-17)23-12-5-4-10-21(23)26(22)18-7-2-1-3-8-18;27-16-17-13-14-23-20(15-17)19-9-6-11-22-25(19)28(23)24-12-5-4-10-21(24)26(22)18-7-2-1-3-8-18/h4*1-15H. The largest absolute Gasteiger partial charge is 0.310 e. The molecule has 4 aliphatic heterocycles. The van der Waals surface area contributed by atoms with E-state index < -0.39 is 0 Å². The first-order valence-electron chi connectivity index (χ1n) is 37.9. The Morgan fingerprint density at radius 2 is 0.518 bits per heavy atom. The zero-order valence-corrected chi connectivity index (χ0v) is 60.5. The van der Waals surface area contributed by atoms with Gasteiger partial charge in [-0.15, -0.1) is 0 Å². The fourth-order valence-electron chi connectivity index (χ4n) is 19.1. The Hall–Kier alpha value is -15.1. The third-order valence-electron chi connectivity index (χ3n) is 23.6. The molecule has 0 unspecified atom stereocenters. The van der Waals surface area contributed by atoms with Gasteiger partial charge in [0.2, 0.25) is 26.9 Å². The first kappa shape index (κ1) is 65.2. The number of aromatic nitrogens is 4. The third-order valence-corrected chi connectivity index (χ3v) is 23.6. The van der Waals surface area contributed by atoms with E-state index in [1.807, 2.05) is 48.5 Å². The van der Waals surface area contributed by atoms with E-state index in [4.69, 9.17) is 0 Å². The Morgan fingerprint density at radius 3 is 0.973 bits per heavy atom. The van der Waals surface area contributed by atoms with E-state index in [1.54, 1.807) is 0 Å². The first-order valence-corrected chi connectivity index (χ1v) is 37.9. The molecule has 0 spiro atoms. The molecule has 8 heterocycles. The summed E-state index contributed by atoms with van der Waals surface area (Å²) in [6.45, 7) is 0.772. The molecule has 24 rings (SSSR count). The van der Waals surface area contributed by atoms with Crippen molar-refractivity contribution in [3.8, 4) is 47.0 Å². The normalized spacial score (nSPS) is 12.2. The van der Waals surface area contributed by atoms with Gasteiger partial charge in [-0.3, -0.25) is 0 Å². The monoisotopic (exact) mass is 1420 g/mol. The van der Waals surface area contributed by atoms with Crippen LogP contribution in [0, 0.1) is 45.3 Å². The molecule has 0 radical (unpaired) electrons. The quantitative estimate of drug-likeness (QED) is 0.163. The molecule has 8 nitrogen and oxygen atoms in total. The van der Waals surface area contributed by atoms with Crippen LogP contribution < -0.4 is 65.6 Å². The predicted octanol–water partition coefficient (Wildman–Crippen LogP) is 13.9. The van der Waals surface area contributed by atoms with Crippen molar-refractivity contribution in [3.05, 3.63) is 386 Å². The maximum absolute atomic E-state index is 9.78. The zero-order valence-electron chi connectivity index (χ0n) is 60.5. The average molecular weight is 1420 g/mol. The molecule has 0 amide bonds. The summed E-state index contributed by atoms with van der Waals surface area (Å²) in [6.07, 6.45) is 0. The van der Waals surface area contributed by atoms with Gasteiger partial charge in [-0.2, -0.15) is 21.0 Å². The molecule has 0 saturated heterocycles. The summed E-state index contributed by atoms with van der Waals surface area (Å²) in [5.41, 5.74) is 32.5. The molecule has 20 aromatic rings. The molecule has 0 aliphatic carbocycles.